The Kier molecular flexibility index (Phi) is 12.0. The zero-order valence-corrected chi connectivity index (χ0v) is 33.4. The molecule has 3 aromatic rings. The van der Waals surface area contributed by atoms with Gasteiger partial charge in [0.25, 0.3) is 11.8 Å². The van der Waals surface area contributed by atoms with E-state index in [2.05, 4.69) is 40.7 Å². The van der Waals surface area contributed by atoms with Gasteiger partial charge in [-0.25, -0.2) is 15.0 Å². The number of methoxy groups -OCH3 is 1. The Morgan fingerprint density at radius 2 is 1.70 bits per heavy atom. The molecule has 2 aromatic carbocycles. The van der Waals surface area contributed by atoms with Gasteiger partial charge in [0.15, 0.2) is 11.5 Å². The number of aliphatic imine (C=N–C) groups is 2. The molecule has 1 aromatic heterocycles. The molecule has 5 N–H and O–H groups in total. The summed E-state index contributed by atoms with van der Waals surface area (Å²) in [5.41, 5.74) is 8.90. The molecule has 0 radical (unpaired) electrons. The highest BCUT2D eigenvalue weighted by Crippen LogP contribution is 2.43. The number of ether oxygens (including phenoxy) is 2. The van der Waals surface area contributed by atoms with E-state index in [1.807, 2.05) is 17.0 Å². The second kappa shape index (κ2) is 17.8. The molecule has 60 heavy (non-hydrogen) atoms. The van der Waals surface area contributed by atoms with Crippen molar-refractivity contribution in [2.75, 3.05) is 77.1 Å². The SMILES string of the molecule is COc1c(OCCCN2CCN(CCCCC(=O)Nc3cccc4c3CN(C3CCC(=O)NC3=O)C4=O)CC2)ccc2c1N=C(NC(=O)c1cnc(N)nc1)N1CCN=C21. The van der Waals surface area contributed by atoms with Crippen LogP contribution in [0.5, 0.6) is 11.5 Å². The van der Waals surface area contributed by atoms with Gasteiger partial charge in [-0.05, 0) is 56.5 Å². The monoisotopic (exact) mass is 820 g/mol. The molecule has 6 heterocycles. The van der Waals surface area contributed by atoms with Crippen LogP contribution in [0.2, 0.25) is 0 Å². The Bertz CT molecular complexity index is 2240. The van der Waals surface area contributed by atoms with Gasteiger partial charge in [0.05, 0.1) is 25.8 Å². The molecule has 5 amide bonds. The van der Waals surface area contributed by atoms with Gasteiger partial charge in [-0.3, -0.25) is 44.5 Å². The lowest BCUT2D eigenvalue weighted by molar-refractivity contribution is -0.137. The average molecular weight is 821 g/mol. The Morgan fingerprint density at radius 3 is 2.45 bits per heavy atom. The summed E-state index contributed by atoms with van der Waals surface area (Å²) in [6.45, 7) is 7.40. The van der Waals surface area contributed by atoms with Gasteiger partial charge < -0.3 is 35.2 Å². The smallest absolute Gasteiger partial charge is 0.261 e. The van der Waals surface area contributed by atoms with Gasteiger partial charge in [0, 0.05) is 93.4 Å². The predicted octanol–water partition coefficient (Wildman–Crippen LogP) is 1.52. The van der Waals surface area contributed by atoms with E-state index in [9.17, 15) is 24.0 Å². The minimum atomic E-state index is -0.706. The van der Waals surface area contributed by atoms with Crippen molar-refractivity contribution in [3.05, 3.63) is 65.0 Å². The summed E-state index contributed by atoms with van der Waals surface area (Å²) in [6.07, 6.45) is 6.00. The summed E-state index contributed by atoms with van der Waals surface area (Å²) < 4.78 is 12.0. The summed E-state index contributed by atoms with van der Waals surface area (Å²) in [7, 11) is 1.57. The number of piperidine rings is 1. The van der Waals surface area contributed by atoms with Crippen molar-refractivity contribution in [3.63, 3.8) is 0 Å². The van der Waals surface area contributed by atoms with Crippen molar-refractivity contribution in [1.29, 1.82) is 0 Å². The van der Waals surface area contributed by atoms with E-state index in [4.69, 9.17) is 20.2 Å². The molecule has 5 aliphatic heterocycles. The summed E-state index contributed by atoms with van der Waals surface area (Å²) in [6, 6.07) is 8.31. The second-order valence-electron chi connectivity index (χ2n) is 15.2. The van der Waals surface area contributed by atoms with Crippen LogP contribution in [0.3, 0.4) is 0 Å². The number of nitrogen functional groups attached to an aromatic ring is 1. The number of benzene rings is 2. The largest absolute Gasteiger partial charge is 0.491 e. The molecule has 8 rings (SSSR count). The number of hydrogen-bond donors (Lipinski definition) is 4. The number of unbranched alkanes of at least 4 members (excludes halogenated alkanes) is 1. The van der Waals surface area contributed by atoms with Gasteiger partial charge in [-0.1, -0.05) is 6.07 Å². The Hall–Kier alpha value is -6.47. The average Bonchev–Trinajstić information content (AvgIpc) is 3.88. The minimum Gasteiger partial charge on any atom is -0.491 e. The summed E-state index contributed by atoms with van der Waals surface area (Å²) in [5, 5.41) is 8.17. The number of amidine groups is 1. The van der Waals surface area contributed by atoms with E-state index in [-0.39, 0.29) is 48.6 Å². The van der Waals surface area contributed by atoms with E-state index in [1.165, 1.54) is 17.3 Å². The number of carbonyl (C=O) groups excluding carboxylic acids is 5. The predicted molar refractivity (Wildman–Crippen MR) is 220 cm³/mol. The Labute approximate surface area is 346 Å². The van der Waals surface area contributed by atoms with Crippen molar-refractivity contribution in [2.24, 2.45) is 9.98 Å². The number of piperazine rings is 1. The maximum Gasteiger partial charge on any atom is 0.261 e. The summed E-state index contributed by atoms with van der Waals surface area (Å²) in [5.74, 6) is 0.531. The number of imide groups is 1. The standard InChI is InChI=1S/C41H48N12O7/c1-59-35-31(11-9-27-34(35)48-41(52-16-13-43-36(27)52)49-37(56)25-22-44-40(42)45-23-25)60-21-5-15-51-19-17-50(18-20-51)14-3-2-8-32(54)46-29-7-4-6-26-28(29)24-53(39(26)58)30-10-12-33(55)47-38(30)57/h4,6-7,9,11,22-23,30H,2-3,5,8,10,12-21,24H2,1H3,(H,46,54)(H2,42,44,45)(H,47,55,57)(H,48,49,56). The summed E-state index contributed by atoms with van der Waals surface area (Å²) >= 11 is 0. The van der Waals surface area contributed by atoms with Crippen LogP contribution >= 0.6 is 0 Å². The third-order valence-electron chi connectivity index (χ3n) is 11.3. The van der Waals surface area contributed by atoms with Crippen molar-refractivity contribution in [3.8, 4) is 11.5 Å². The van der Waals surface area contributed by atoms with Gasteiger partial charge >= 0.3 is 0 Å². The minimum absolute atomic E-state index is 0.0772. The Balaban J connectivity index is 0.753. The van der Waals surface area contributed by atoms with Crippen LogP contribution < -0.4 is 31.2 Å². The molecular formula is C41H48N12O7. The molecule has 0 bridgehead atoms. The highest BCUT2D eigenvalue weighted by Gasteiger charge is 2.40. The number of anilines is 2. The molecule has 5 aliphatic rings. The first-order valence-electron chi connectivity index (χ1n) is 20.3. The van der Waals surface area contributed by atoms with Crippen LogP contribution in [0.15, 0.2) is 52.7 Å². The van der Waals surface area contributed by atoms with Gasteiger partial charge in [0.2, 0.25) is 29.6 Å². The number of aromatic nitrogens is 2. The molecule has 314 valence electrons. The van der Waals surface area contributed by atoms with Gasteiger partial charge in [0.1, 0.15) is 17.6 Å². The summed E-state index contributed by atoms with van der Waals surface area (Å²) in [4.78, 5) is 88.6. The molecule has 2 fully saturated rings. The third kappa shape index (κ3) is 8.62. The van der Waals surface area contributed by atoms with E-state index >= 15 is 0 Å². The second-order valence-corrected chi connectivity index (χ2v) is 15.2. The maximum atomic E-state index is 13.1. The van der Waals surface area contributed by atoms with E-state index in [0.29, 0.717) is 71.9 Å². The third-order valence-corrected chi connectivity index (χ3v) is 11.3. The van der Waals surface area contributed by atoms with Crippen LogP contribution in [0, 0.1) is 0 Å². The molecule has 0 spiro atoms. The van der Waals surface area contributed by atoms with Crippen molar-refractivity contribution in [1.82, 2.24) is 40.2 Å². The van der Waals surface area contributed by atoms with Gasteiger partial charge in [-0.2, -0.15) is 0 Å². The highest BCUT2D eigenvalue weighted by molar-refractivity contribution is 6.20. The number of guanidine groups is 1. The number of nitrogens with zero attached hydrogens (tertiary/aromatic N) is 8. The topological polar surface area (TPSA) is 229 Å². The molecule has 0 saturated carbocycles. The van der Waals surface area contributed by atoms with Crippen LogP contribution in [-0.2, 0) is 20.9 Å². The fraction of sp³-hybridized carbons (Fsp3) is 0.439. The molecule has 1 unspecified atom stereocenters. The molecule has 19 nitrogen and oxygen atoms in total. The van der Waals surface area contributed by atoms with Crippen LogP contribution in [0.4, 0.5) is 17.3 Å². The van der Waals surface area contributed by atoms with E-state index in [0.717, 1.165) is 64.1 Å². The van der Waals surface area contributed by atoms with Crippen LogP contribution in [0.1, 0.15) is 70.4 Å². The first-order chi connectivity index (χ1) is 29.2. The molecule has 2 saturated heterocycles. The van der Waals surface area contributed by atoms with Crippen molar-refractivity contribution < 1.29 is 33.4 Å². The highest BCUT2D eigenvalue weighted by atomic mass is 16.5. The lowest BCUT2D eigenvalue weighted by Crippen LogP contribution is -2.52. The lowest BCUT2D eigenvalue weighted by Gasteiger charge is -2.34. The van der Waals surface area contributed by atoms with Gasteiger partial charge in [-0.15, -0.1) is 0 Å². The molecular weight excluding hydrogens is 773 g/mol. The lowest BCUT2D eigenvalue weighted by atomic mass is 10.0. The fourth-order valence-corrected chi connectivity index (χ4v) is 8.17. The number of fused-ring (bicyclic) bond motifs is 4. The number of hydrogen-bond acceptors (Lipinski definition) is 15. The maximum absolute atomic E-state index is 13.1. The number of nitrogens with one attached hydrogen (secondary N) is 3. The first kappa shape index (κ1) is 40.3. The quantitative estimate of drug-likeness (QED) is 0.134. The first-order valence-corrected chi connectivity index (χ1v) is 20.3. The zero-order valence-electron chi connectivity index (χ0n) is 33.4. The van der Waals surface area contributed by atoms with Crippen LogP contribution in [0.25, 0.3) is 0 Å². The van der Waals surface area contributed by atoms with Crippen molar-refractivity contribution in [2.45, 2.75) is 51.1 Å². The van der Waals surface area contributed by atoms with E-state index < -0.39 is 17.9 Å². The molecule has 19 heteroatoms. The number of rotatable bonds is 14. The molecule has 1 atom stereocenters. The number of nitrogens with two attached hydrogens (primary N) is 1. The zero-order chi connectivity index (χ0) is 41.8. The molecule has 0 aliphatic carbocycles. The fourth-order valence-electron chi connectivity index (χ4n) is 8.17. The van der Waals surface area contributed by atoms with E-state index in [1.54, 1.807) is 25.3 Å². The Morgan fingerprint density at radius 1 is 0.933 bits per heavy atom. The van der Waals surface area contributed by atoms with Crippen molar-refractivity contribution >= 4 is 58.7 Å². The van der Waals surface area contributed by atoms with Crippen LogP contribution in [-0.4, -0.2) is 143 Å². The normalized spacial score (nSPS) is 18.9. The number of carbonyl (C=O) groups is 5. The number of amides is 5.